The van der Waals surface area contributed by atoms with Gasteiger partial charge in [-0.05, 0) is 84.1 Å². The molecule has 1 aromatic rings. The van der Waals surface area contributed by atoms with E-state index in [0.717, 1.165) is 41.5 Å². The van der Waals surface area contributed by atoms with Gasteiger partial charge in [-0.3, -0.25) is 4.79 Å². The molecule has 4 rings (SSSR count). The molecule has 1 atom stereocenters. The maximum Gasteiger partial charge on any atom is 0.339 e. The molecule has 0 saturated heterocycles. The first-order valence-corrected chi connectivity index (χ1v) is 9.68. The molecule has 0 aliphatic heterocycles. The van der Waals surface area contributed by atoms with Gasteiger partial charge in [0.15, 0.2) is 5.78 Å². The summed E-state index contributed by atoms with van der Waals surface area (Å²) in [6.07, 6.45) is 8.92. The Hall–Kier alpha value is -2.39. The van der Waals surface area contributed by atoms with Gasteiger partial charge in [0.2, 0.25) is 0 Å². The zero-order valence-electron chi connectivity index (χ0n) is 15.2. The first-order chi connectivity index (χ1) is 12.9. The molecule has 0 radical (unpaired) electrons. The molecule has 0 spiro atoms. The van der Waals surface area contributed by atoms with E-state index in [4.69, 9.17) is 11.6 Å². The van der Waals surface area contributed by atoms with Crippen LogP contribution in [0.15, 0.2) is 64.8 Å². The first kappa shape index (κ1) is 18.0. The summed E-state index contributed by atoms with van der Waals surface area (Å²) in [5, 5.41) is 10.2. The molecule has 0 heterocycles. The minimum absolute atomic E-state index is 0.0176. The lowest BCUT2D eigenvalue weighted by atomic mass is 9.83. The normalized spacial score (nSPS) is 23.0. The number of rotatable bonds is 3. The molecule has 1 fully saturated rings. The number of hydrogen-bond acceptors (Lipinski definition) is 2. The number of carbonyl (C=O) groups excluding carboxylic acids is 1. The van der Waals surface area contributed by atoms with Crippen LogP contribution in [0.5, 0.6) is 0 Å². The number of carboxylic acid groups (broad SMARTS) is 1. The van der Waals surface area contributed by atoms with E-state index in [-0.39, 0.29) is 23.7 Å². The van der Waals surface area contributed by atoms with Crippen molar-refractivity contribution in [3.05, 3.63) is 75.4 Å². The average molecular weight is 381 g/mol. The van der Waals surface area contributed by atoms with E-state index in [1.807, 2.05) is 24.3 Å². The van der Waals surface area contributed by atoms with Crippen LogP contribution in [0.25, 0.3) is 5.57 Å². The van der Waals surface area contributed by atoms with Crippen molar-refractivity contribution >= 4 is 28.9 Å². The highest BCUT2D eigenvalue weighted by atomic mass is 35.5. The summed E-state index contributed by atoms with van der Waals surface area (Å²) in [6, 6.07) is 7.76. The standard InChI is InChI=1S/C23H21ClO3/c1-13-18(15-5-7-17(24)8-6-15)9-2-14-10-19(13)20(16-3-4-16)12-21(23(26)27)22(25)11-14/h2,5-9,12,14,16H,3-4,10-11H2,1H3,(H,26,27). The van der Waals surface area contributed by atoms with Gasteiger partial charge in [-0.1, -0.05) is 35.9 Å². The topological polar surface area (TPSA) is 54.4 Å². The van der Waals surface area contributed by atoms with Crippen LogP contribution in [0, 0.1) is 11.8 Å². The fraction of sp³-hybridized carbons (Fsp3) is 0.304. The van der Waals surface area contributed by atoms with Crippen LogP contribution in [-0.4, -0.2) is 16.9 Å². The number of benzene rings is 1. The van der Waals surface area contributed by atoms with Crippen LogP contribution in [0.2, 0.25) is 5.02 Å². The summed E-state index contributed by atoms with van der Waals surface area (Å²) in [4.78, 5) is 24.2. The lowest BCUT2D eigenvalue weighted by Gasteiger charge is -2.21. The molecule has 0 amide bonds. The molecule has 27 heavy (non-hydrogen) atoms. The van der Waals surface area contributed by atoms with Gasteiger partial charge >= 0.3 is 5.97 Å². The molecule has 3 nitrogen and oxygen atoms in total. The summed E-state index contributed by atoms with van der Waals surface area (Å²) in [6.45, 7) is 2.10. The molecule has 4 heteroatoms. The summed E-state index contributed by atoms with van der Waals surface area (Å²) in [5.74, 6) is -1.02. The van der Waals surface area contributed by atoms with Crippen molar-refractivity contribution < 1.29 is 14.7 Å². The zero-order valence-corrected chi connectivity index (χ0v) is 15.9. The van der Waals surface area contributed by atoms with Gasteiger partial charge in [-0.2, -0.15) is 0 Å². The number of ketones is 1. The number of Topliss-reactive ketones (excluding diaryl/α,β-unsaturated/α-hetero) is 1. The Morgan fingerprint density at radius 3 is 2.48 bits per heavy atom. The Morgan fingerprint density at radius 2 is 1.85 bits per heavy atom. The van der Waals surface area contributed by atoms with Crippen LogP contribution in [0.1, 0.15) is 38.2 Å². The van der Waals surface area contributed by atoms with Crippen LogP contribution in [-0.2, 0) is 9.59 Å². The van der Waals surface area contributed by atoms with Crippen molar-refractivity contribution in [3.63, 3.8) is 0 Å². The fourth-order valence-electron chi connectivity index (χ4n) is 4.03. The molecule has 3 aliphatic carbocycles. The van der Waals surface area contributed by atoms with Crippen molar-refractivity contribution in [3.8, 4) is 0 Å². The van der Waals surface area contributed by atoms with E-state index in [9.17, 15) is 14.7 Å². The third kappa shape index (κ3) is 3.57. The van der Waals surface area contributed by atoms with E-state index >= 15 is 0 Å². The Morgan fingerprint density at radius 1 is 1.15 bits per heavy atom. The molecule has 3 aliphatic rings. The number of hydrogen-bond donors (Lipinski definition) is 1. The number of aliphatic carboxylic acids is 1. The number of carbonyl (C=O) groups is 2. The van der Waals surface area contributed by atoms with E-state index in [0.29, 0.717) is 10.9 Å². The zero-order chi connectivity index (χ0) is 19.1. The van der Waals surface area contributed by atoms with E-state index in [2.05, 4.69) is 19.1 Å². The molecule has 1 aromatic carbocycles. The van der Waals surface area contributed by atoms with E-state index in [1.54, 1.807) is 6.08 Å². The van der Waals surface area contributed by atoms with Crippen LogP contribution >= 0.6 is 11.6 Å². The maximum absolute atomic E-state index is 12.5. The third-order valence-electron chi connectivity index (χ3n) is 5.66. The lowest BCUT2D eigenvalue weighted by Crippen LogP contribution is -2.19. The smallest absolute Gasteiger partial charge is 0.339 e. The molecular weight excluding hydrogens is 360 g/mol. The van der Waals surface area contributed by atoms with Crippen molar-refractivity contribution in [1.29, 1.82) is 0 Å². The predicted octanol–water partition coefficient (Wildman–Crippen LogP) is 5.38. The Bertz CT molecular complexity index is 940. The van der Waals surface area contributed by atoms with Gasteiger partial charge in [0.05, 0.1) is 0 Å². The van der Waals surface area contributed by atoms with Gasteiger partial charge in [-0.25, -0.2) is 4.79 Å². The second-order valence-corrected chi connectivity index (χ2v) is 8.00. The van der Waals surface area contributed by atoms with Crippen LogP contribution in [0.4, 0.5) is 0 Å². The van der Waals surface area contributed by atoms with Crippen molar-refractivity contribution in [2.45, 2.75) is 32.6 Å². The lowest BCUT2D eigenvalue weighted by molar-refractivity contribution is -0.134. The molecule has 1 unspecified atom stereocenters. The quantitative estimate of drug-likeness (QED) is 0.716. The minimum Gasteiger partial charge on any atom is -0.478 e. The highest BCUT2D eigenvalue weighted by molar-refractivity contribution is 6.30. The average Bonchev–Trinajstić information content (AvgIpc) is 3.45. The Labute approximate surface area is 163 Å². The fourth-order valence-corrected chi connectivity index (χ4v) is 4.16. The summed E-state index contributed by atoms with van der Waals surface area (Å²) in [7, 11) is 0. The summed E-state index contributed by atoms with van der Waals surface area (Å²) >= 11 is 6.04. The molecule has 138 valence electrons. The molecule has 0 aromatic heterocycles. The van der Waals surface area contributed by atoms with Gasteiger partial charge in [0.25, 0.3) is 0 Å². The maximum atomic E-state index is 12.5. The van der Waals surface area contributed by atoms with Gasteiger partial charge in [0, 0.05) is 11.4 Å². The predicted molar refractivity (Wildman–Crippen MR) is 106 cm³/mol. The monoisotopic (exact) mass is 380 g/mol. The van der Waals surface area contributed by atoms with Crippen LogP contribution < -0.4 is 0 Å². The minimum atomic E-state index is -1.12. The van der Waals surface area contributed by atoms with E-state index < -0.39 is 5.97 Å². The second-order valence-electron chi connectivity index (χ2n) is 7.57. The number of carboxylic acids is 1. The summed E-state index contributed by atoms with van der Waals surface area (Å²) in [5.41, 5.74) is 5.52. The van der Waals surface area contributed by atoms with Gasteiger partial charge in [0.1, 0.15) is 5.57 Å². The van der Waals surface area contributed by atoms with Crippen molar-refractivity contribution in [2.75, 3.05) is 0 Å². The third-order valence-corrected chi connectivity index (χ3v) is 5.91. The largest absolute Gasteiger partial charge is 0.478 e. The second kappa shape index (κ2) is 6.97. The van der Waals surface area contributed by atoms with E-state index in [1.165, 1.54) is 5.57 Å². The van der Waals surface area contributed by atoms with Crippen molar-refractivity contribution in [1.82, 2.24) is 0 Å². The van der Waals surface area contributed by atoms with Gasteiger partial charge in [-0.15, -0.1) is 0 Å². The SMILES string of the molecule is CC1=C(c2ccc(Cl)cc2)C=CC2CC(=O)C(C(=O)O)=CC(C3CC3)=C1C2. The Balaban J connectivity index is 1.92. The first-order valence-electron chi connectivity index (χ1n) is 9.30. The molecule has 1 N–H and O–H groups in total. The molecular formula is C23H21ClO3. The highest BCUT2D eigenvalue weighted by Gasteiger charge is 2.34. The van der Waals surface area contributed by atoms with Gasteiger partial charge < -0.3 is 5.11 Å². The molecule has 2 bridgehead atoms. The van der Waals surface area contributed by atoms with Crippen molar-refractivity contribution in [2.24, 2.45) is 11.8 Å². The number of fused-ring (bicyclic) bond motifs is 2. The molecule has 1 saturated carbocycles. The highest BCUT2D eigenvalue weighted by Crippen LogP contribution is 2.45. The number of allylic oxidation sites excluding steroid dienone is 7. The number of halogens is 1. The Kier molecular flexibility index (Phi) is 4.65. The summed E-state index contributed by atoms with van der Waals surface area (Å²) < 4.78 is 0. The van der Waals surface area contributed by atoms with Crippen LogP contribution in [0.3, 0.4) is 0 Å².